The Kier molecular flexibility index (Phi) is 5.39. The highest BCUT2D eigenvalue weighted by atomic mass is 35.5. The Morgan fingerprint density at radius 1 is 1.07 bits per heavy atom. The van der Waals surface area contributed by atoms with Crippen LogP contribution in [0, 0.1) is 40.4 Å². The van der Waals surface area contributed by atoms with Crippen molar-refractivity contribution in [3.63, 3.8) is 0 Å². The molecule has 5 aliphatic rings. The lowest BCUT2D eigenvalue weighted by atomic mass is 9.45. The third-order valence-corrected chi connectivity index (χ3v) is 9.52. The first-order chi connectivity index (χ1) is 13.3. The highest BCUT2D eigenvalue weighted by Crippen LogP contribution is 2.64. The van der Waals surface area contributed by atoms with Crippen LogP contribution in [0.15, 0.2) is 0 Å². The number of carbonyl (C=O) groups is 3. The van der Waals surface area contributed by atoms with E-state index >= 15 is 0 Å². The number of carbonyl (C=O) groups excluding carboxylic acids is 3. The molecule has 1 unspecified atom stereocenters. The molecule has 1 heterocycles. The topological polar surface area (TPSA) is 72.5 Å². The minimum absolute atomic E-state index is 0. The van der Waals surface area contributed by atoms with Gasteiger partial charge >= 0.3 is 5.97 Å². The van der Waals surface area contributed by atoms with Gasteiger partial charge in [0, 0.05) is 37.3 Å². The molecule has 1 saturated heterocycles. The quantitative estimate of drug-likeness (QED) is 0.689. The number of hydrogen-bond acceptors (Lipinski definition) is 5. The second-order valence-electron chi connectivity index (χ2n) is 10.7. The van der Waals surface area contributed by atoms with E-state index in [2.05, 4.69) is 19.2 Å². The number of ether oxygens (including phenoxy) is 1. The molecule has 0 radical (unpaired) electrons. The summed E-state index contributed by atoms with van der Waals surface area (Å²) in [6.07, 6.45) is 6.79. The second kappa shape index (κ2) is 7.33. The first-order valence-corrected chi connectivity index (χ1v) is 11.3. The Morgan fingerprint density at radius 2 is 1.83 bits per heavy atom. The summed E-state index contributed by atoms with van der Waals surface area (Å²) in [6.45, 7) is 5.91. The number of hydrogen-bond donors (Lipinski definition) is 1. The maximum Gasteiger partial charge on any atom is 0.311 e. The maximum atomic E-state index is 13.3. The van der Waals surface area contributed by atoms with Crippen LogP contribution in [0.25, 0.3) is 0 Å². The lowest BCUT2D eigenvalue weighted by molar-refractivity contribution is -0.173. The van der Waals surface area contributed by atoms with E-state index in [-0.39, 0.29) is 47.1 Å². The van der Waals surface area contributed by atoms with Gasteiger partial charge in [0.2, 0.25) is 0 Å². The van der Waals surface area contributed by atoms with Crippen LogP contribution in [0.2, 0.25) is 0 Å². The summed E-state index contributed by atoms with van der Waals surface area (Å²) in [7, 11) is 0. The number of rotatable bonds is 2. The van der Waals surface area contributed by atoms with Crippen molar-refractivity contribution in [3.8, 4) is 0 Å². The molecule has 5 fully saturated rings. The van der Waals surface area contributed by atoms with Gasteiger partial charge in [-0.15, -0.1) is 12.4 Å². The minimum atomic E-state index is -0.186. The van der Waals surface area contributed by atoms with E-state index in [1.165, 1.54) is 0 Å². The molecule has 162 valence electrons. The van der Waals surface area contributed by atoms with Crippen molar-refractivity contribution >= 4 is 29.9 Å². The number of halogens is 1. The third-order valence-electron chi connectivity index (χ3n) is 9.52. The summed E-state index contributed by atoms with van der Waals surface area (Å²) in [6, 6.07) is 0. The van der Waals surface area contributed by atoms with Gasteiger partial charge in [-0.2, -0.15) is 0 Å². The van der Waals surface area contributed by atoms with Crippen molar-refractivity contribution in [2.75, 3.05) is 13.1 Å². The molecule has 4 aliphatic carbocycles. The fourth-order valence-corrected chi connectivity index (χ4v) is 7.60. The van der Waals surface area contributed by atoms with Gasteiger partial charge in [-0.25, -0.2) is 0 Å². The first-order valence-electron chi connectivity index (χ1n) is 11.3. The average molecular weight is 424 g/mol. The second-order valence-corrected chi connectivity index (χ2v) is 10.7. The largest absolute Gasteiger partial charge is 0.462 e. The van der Waals surface area contributed by atoms with E-state index in [9.17, 15) is 14.4 Å². The van der Waals surface area contributed by atoms with Crippen molar-refractivity contribution in [2.24, 2.45) is 40.4 Å². The highest BCUT2D eigenvalue weighted by molar-refractivity contribution is 5.88. The molecule has 0 amide bonds. The van der Waals surface area contributed by atoms with Gasteiger partial charge in [-0.3, -0.25) is 14.4 Å². The standard InChI is InChI=1S/C23H33NO4.ClH/c1-22-7-5-14(28-21(27)13-11-24-12-13)9-18(22)19(25)10-15-16-3-4-20(26)23(16,2)8-6-17(15)22;/h13-18,24H,3-12H2,1-2H3;1H/t14-,15-,16-,17-,18?,22+,23-;/m0./s1. The lowest BCUT2D eigenvalue weighted by Gasteiger charge is -2.59. The molecule has 7 atom stereocenters. The Labute approximate surface area is 179 Å². The first kappa shape index (κ1) is 21.3. The van der Waals surface area contributed by atoms with Crippen molar-refractivity contribution < 1.29 is 19.1 Å². The number of ketones is 2. The summed E-state index contributed by atoms with van der Waals surface area (Å²) in [5.74, 6) is 2.01. The molecule has 6 heteroatoms. The number of Topliss-reactive ketones (excluding diaryl/α,β-unsaturated/α-hetero) is 2. The molecule has 4 saturated carbocycles. The molecule has 29 heavy (non-hydrogen) atoms. The molecule has 0 bridgehead atoms. The molecule has 5 rings (SSSR count). The van der Waals surface area contributed by atoms with Crippen LogP contribution in [0.3, 0.4) is 0 Å². The lowest BCUT2D eigenvalue weighted by Crippen LogP contribution is -2.57. The maximum absolute atomic E-state index is 13.3. The summed E-state index contributed by atoms with van der Waals surface area (Å²) in [5, 5.41) is 3.11. The molecular weight excluding hydrogens is 390 g/mol. The SMILES string of the molecule is C[C@]12CC[C@H](OC(=O)C3CNC3)CC1C(=O)C[C@@H]1[C@@H]2CC[C@]2(C)C(=O)CC[C@@H]12.Cl. The summed E-state index contributed by atoms with van der Waals surface area (Å²) < 4.78 is 5.80. The van der Waals surface area contributed by atoms with Crippen LogP contribution in [0.1, 0.15) is 65.2 Å². The van der Waals surface area contributed by atoms with Gasteiger partial charge in [0.15, 0.2) is 0 Å². The Balaban J connectivity index is 0.00000205. The summed E-state index contributed by atoms with van der Waals surface area (Å²) >= 11 is 0. The molecule has 1 N–H and O–H groups in total. The van der Waals surface area contributed by atoms with Gasteiger partial charge in [-0.05, 0) is 61.7 Å². The molecule has 0 aromatic heterocycles. The number of fused-ring (bicyclic) bond motifs is 5. The summed E-state index contributed by atoms with van der Waals surface area (Å²) in [5.41, 5.74) is -0.178. The highest BCUT2D eigenvalue weighted by Gasteiger charge is 2.62. The Bertz CT molecular complexity index is 722. The predicted octanol–water partition coefficient (Wildman–Crippen LogP) is 3.33. The summed E-state index contributed by atoms with van der Waals surface area (Å²) in [4.78, 5) is 38.1. The van der Waals surface area contributed by atoms with Crippen LogP contribution in [-0.4, -0.2) is 36.7 Å². The average Bonchev–Trinajstić information content (AvgIpc) is 2.90. The van der Waals surface area contributed by atoms with Crippen LogP contribution < -0.4 is 5.32 Å². The smallest absolute Gasteiger partial charge is 0.311 e. The van der Waals surface area contributed by atoms with E-state index in [4.69, 9.17) is 4.74 Å². The fraction of sp³-hybridized carbons (Fsp3) is 0.870. The zero-order valence-electron chi connectivity index (χ0n) is 17.6. The van der Waals surface area contributed by atoms with Crippen LogP contribution in [0.5, 0.6) is 0 Å². The minimum Gasteiger partial charge on any atom is -0.462 e. The normalized spacial score (nSPS) is 46.6. The van der Waals surface area contributed by atoms with Crippen molar-refractivity contribution in [2.45, 2.75) is 71.3 Å². The zero-order chi connectivity index (χ0) is 19.7. The fourth-order valence-electron chi connectivity index (χ4n) is 7.60. The third kappa shape index (κ3) is 3.10. The van der Waals surface area contributed by atoms with E-state index in [1.54, 1.807) is 0 Å². The van der Waals surface area contributed by atoms with E-state index < -0.39 is 0 Å². The van der Waals surface area contributed by atoms with Gasteiger partial charge in [0.25, 0.3) is 0 Å². The Hall–Kier alpha value is -0.940. The van der Waals surface area contributed by atoms with Crippen molar-refractivity contribution in [3.05, 3.63) is 0 Å². The van der Waals surface area contributed by atoms with E-state index in [1.807, 2.05) is 0 Å². The van der Waals surface area contributed by atoms with Crippen LogP contribution >= 0.6 is 12.4 Å². The van der Waals surface area contributed by atoms with Gasteiger partial charge in [-0.1, -0.05) is 13.8 Å². The van der Waals surface area contributed by atoms with Crippen molar-refractivity contribution in [1.29, 1.82) is 0 Å². The molecule has 1 aliphatic heterocycles. The Morgan fingerprint density at radius 3 is 2.52 bits per heavy atom. The zero-order valence-corrected chi connectivity index (χ0v) is 18.4. The number of esters is 1. The van der Waals surface area contributed by atoms with Gasteiger partial charge in [0.05, 0.1) is 5.92 Å². The van der Waals surface area contributed by atoms with Gasteiger partial charge < -0.3 is 10.1 Å². The molecule has 0 spiro atoms. The van der Waals surface area contributed by atoms with E-state index in [0.29, 0.717) is 61.7 Å². The molecule has 0 aromatic carbocycles. The van der Waals surface area contributed by atoms with E-state index in [0.717, 1.165) is 32.1 Å². The predicted molar refractivity (Wildman–Crippen MR) is 111 cm³/mol. The van der Waals surface area contributed by atoms with Gasteiger partial charge in [0.1, 0.15) is 17.7 Å². The molecular formula is C23H34ClNO4. The number of nitrogens with one attached hydrogen (secondary N) is 1. The molecule has 5 nitrogen and oxygen atoms in total. The van der Waals surface area contributed by atoms with Crippen LogP contribution in [-0.2, 0) is 19.1 Å². The van der Waals surface area contributed by atoms with Crippen molar-refractivity contribution in [1.82, 2.24) is 5.32 Å². The monoisotopic (exact) mass is 423 g/mol. The molecule has 0 aromatic rings. The van der Waals surface area contributed by atoms with Crippen LogP contribution in [0.4, 0.5) is 0 Å².